The molecule has 0 N–H and O–H groups in total. The normalized spacial score (nSPS) is 16.7. The van der Waals surface area contributed by atoms with E-state index in [9.17, 15) is 13.2 Å². The number of ether oxygens (including phenoxy) is 2. The minimum atomic E-state index is -3.59. The molecular weight excluding hydrogens is 390 g/mol. The number of hydrogen-bond acceptors (Lipinski definition) is 5. The maximum Gasteiger partial charge on any atom is 0.338 e. The van der Waals surface area contributed by atoms with Crippen molar-refractivity contribution in [2.75, 3.05) is 26.3 Å². The molecule has 0 unspecified atom stereocenters. The number of halogens is 1. The Morgan fingerprint density at radius 3 is 2.37 bits per heavy atom. The molecule has 1 heterocycles. The number of hydrogen-bond donors (Lipinski definition) is 0. The zero-order chi connectivity index (χ0) is 19.4. The van der Waals surface area contributed by atoms with Crippen molar-refractivity contribution in [2.45, 2.75) is 17.9 Å². The summed E-state index contributed by atoms with van der Waals surface area (Å²) < 4.78 is 37.2. The molecule has 1 fully saturated rings. The van der Waals surface area contributed by atoms with E-state index in [0.717, 1.165) is 0 Å². The molecule has 3 rings (SSSR count). The van der Waals surface area contributed by atoms with E-state index in [1.54, 1.807) is 25.1 Å². The van der Waals surface area contributed by atoms with E-state index >= 15 is 0 Å². The van der Waals surface area contributed by atoms with Gasteiger partial charge in [0.2, 0.25) is 10.0 Å². The Morgan fingerprint density at radius 2 is 1.74 bits per heavy atom. The molecule has 0 saturated carbocycles. The standard InChI is InChI=1S/C19H20ClNO5S/c1-14(17-4-2-3-5-18(17)20)26-19(22)15-6-8-16(9-7-15)27(23,24)21-10-12-25-13-11-21/h2-9,14H,10-13H2,1H3/t14-/m1/s1. The summed E-state index contributed by atoms with van der Waals surface area (Å²) in [6, 6.07) is 12.9. The maximum atomic E-state index is 12.6. The third-order valence-electron chi connectivity index (χ3n) is 4.32. The molecule has 1 saturated heterocycles. The summed E-state index contributed by atoms with van der Waals surface area (Å²) in [4.78, 5) is 12.5. The minimum absolute atomic E-state index is 0.139. The monoisotopic (exact) mass is 409 g/mol. The van der Waals surface area contributed by atoms with Gasteiger partial charge < -0.3 is 9.47 Å². The van der Waals surface area contributed by atoms with Gasteiger partial charge >= 0.3 is 5.97 Å². The second-order valence-corrected chi connectivity index (χ2v) is 8.46. The van der Waals surface area contributed by atoms with Crippen LogP contribution in [0.4, 0.5) is 0 Å². The van der Waals surface area contributed by atoms with E-state index in [-0.39, 0.29) is 10.5 Å². The van der Waals surface area contributed by atoms with Gasteiger partial charge in [0.1, 0.15) is 6.10 Å². The van der Waals surface area contributed by atoms with E-state index in [0.29, 0.717) is 36.9 Å². The molecule has 1 aliphatic rings. The van der Waals surface area contributed by atoms with Crippen LogP contribution < -0.4 is 0 Å². The average Bonchev–Trinajstić information content (AvgIpc) is 2.69. The van der Waals surface area contributed by atoms with Crippen molar-refractivity contribution in [3.63, 3.8) is 0 Å². The highest BCUT2D eigenvalue weighted by molar-refractivity contribution is 7.89. The van der Waals surface area contributed by atoms with Crippen molar-refractivity contribution in [2.24, 2.45) is 0 Å². The van der Waals surface area contributed by atoms with Gasteiger partial charge in [-0.25, -0.2) is 13.2 Å². The fraction of sp³-hybridized carbons (Fsp3) is 0.316. The Hall–Kier alpha value is -1.93. The molecule has 2 aromatic rings. The molecule has 1 atom stereocenters. The summed E-state index contributed by atoms with van der Waals surface area (Å²) in [5.41, 5.74) is 0.980. The fourth-order valence-electron chi connectivity index (χ4n) is 2.80. The average molecular weight is 410 g/mol. The highest BCUT2D eigenvalue weighted by Gasteiger charge is 2.26. The number of morpholine rings is 1. The molecule has 0 amide bonds. The van der Waals surface area contributed by atoms with Crippen molar-refractivity contribution < 1.29 is 22.7 Å². The zero-order valence-corrected chi connectivity index (χ0v) is 16.4. The first kappa shape index (κ1) is 19.8. The van der Waals surface area contributed by atoms with E-state index in [1.165, 1.54) is 28.6 Å². The lowest BCUT2D eigenvalue weighted by atomic mass is 10.1. The van der Waals surface area contributed by atoms with Crippen molar-refractivity contribution >= 4 is 27.6 Å². The lowest BCUT2D eigenvalue weighted by molar-refractivity contribution is 0.0338. The van der Waals surface area contributed by atoms with Crippen molar-refractivity contribution in [3.8, 4) is 0 Å². The van der Waals surface area contributed by atoms with Crippen LogP contribution >= 0.6 is 11.6 Å². The molecule has 144 valence electrons. The number of sulfonamides is 1. The molecular formula is C19H20ClNO5S. The molecule has 1 aliphatic heterocycles. The van der Waals surface area contributed by atoms with Crippen LogP contribution in [-0.2, 0) is 19.5 Å². The van der Waals surface area contributed by atoms with Crippen LogP contribution in [0, 0.1) is 0 Å². The summed E-state index contributed by atoms with van der Waals surface area (Å²) in [6.45, 7) is 3.13. The Kier molecular flexibility index (Phi) is 6.16. The molecule has 8 heteroatoms. The summed E-state index contributed by atoms with van der Waals surface area (Å²) in [6.07, 6.45) is -0.525. The molecule has 0 aliphatic carbocycles. The van der Waals surface area contributed by atoms with Gasteiger partial charge in [-0.15, -0.1) is 0 Å². The largest absolute Gasteiger partial charge is 0.454 e. The zero-order valence-electron chi connectivity index (χ0n) is 14.8. The van der Waals surface area contributed by atoms with E-state index < -0.39 is 22.1 Å². The van der Waals surface area contributed by atoms with Crippen LogP contribution in [0.25, 0.3) is 0 Å². The highest BCUT2D eigenvalue weighted by atomic mass is 35.5. The third kappa shape index (κ3) is 4.50. The maximum absolute atomic E-state index is 12.6. The van der Waals surface area contributed by atoms with Crippen molar-refractivity contribution in [1.82, 2.24) is 4.31 Å². The van der Waals surface area contributed by atoms with Crippen molar-refractivity contribution in [3.05, 3.63) is 64.7 Å². The van der Waals surface area contributed by atoms with Crippen molar-refractivity contribution in [1.29, 1.82) is 0 Å². The number of carbonyl (C=O) groups excluding carboxylic acids is 1. The number of esters is 1. The predicted octanol–water partition coefficient (Wildman–Crippen LogP) is 3.28. The van der Waals surface area contributed by atoms with Gasteiger partial charge in [0.25, 0.3) is 0 Å². The molecule has 0 radical (unpaired) electrons. The Balaban J connectivity index is 1.71. The number of benzene rings is 2. The highest BCUT2D eigenvalue weighted by Crippen LogP contribution is 2.26. The van der Waals surface area contributed by atoms with Crippen LogP contribution in [0.1, 0.15) is 28.9 Å². The van der Waals surface area contributed by atoms with Crippen LogP contribution in [0.3, 0.4) is 0 Å². The molecule has 0 aromatic heterocycles. The SMILES string of the molecule is C[C@@H](OC(=O)c1ccc(S(=O)(=O)N2CCOCC2)cc1)c1ccccc1Cl. The molecule has 6 nitrogen and oxygen atoms in total. The summed E-state index contributed by atoms with van der Waals surface area (Å²) in [7, 11) is -3.59. The van der Waals surface area contributed by atoms with E-state index in [4.69, 9.17) is 21.1 Å². The number of carbonyl (C=O) groups is 1. The topological polar surface area (TPSA) is 72.9 Å². The van der Waals surface area contributed by atoms with Crippen LogP contribution in [-0.4, -0.2) is 45.0 Å². The fourth-order valence-corrected chi connectivity index (χ4v) is 4.49. The Bertz CT molecular complexity index is 908. The van der Waals surface area contributed by atoms with E-state index in [2.05, 4.69) is 0 Å². The lowest BCUT2D eigenvalue weighted by Crippen LogP contribution is -2.40. The first-order valence-electron chi connectivity index (χ1n) is 8.53. The number of rotatable bonds is 5. The second-order valence-electron chi connectivity index (χ2n) is 6.11. The lowest BCUT2D eigenvalue weighted by Gasteiger charge is -2.26. The first-order chi connectivity index (χ1) is 12.9. The van der Waals surface area contributed by atoms with Gasteiger partial charge in [-0.2, -0.15) is 4.31 Å². The molecule has 0 spiro atoms. The van der Waals surface area contributed by atoms with Gasteiger partial charge in [-0.05, 0) is 37.3 Å². The number of nitrogens with zero attached hydrogens (tertiary/aromatic N) is 1. The van der Waals surface area contributed by atoms with Gasteiger partial charge in [0.15, 0.2) is 0 Å². The summed E-state index contributed by atoms with van der Waals surface area (Å²) in [5.74, 6) is -0.544. The molecule has 2 aromatic carbocycles. The second kappa shape index (κ2) is 8.39. The predicted molar refractivity (Wildman–Crippen MR) is 101 cm³/mol. The van der Waals surface area contributed by atoms with Gasteiger partial charge in [0, 0.05) is 23.7 Å². The molecule has 27 heavy (non-hydrogen) atoms. The summed E-state index contributed by atoms with van der Waals surface area (Å²) >= 11 is 6.12. The smallest absolute Gasteiger partial charge is 0.338 e. The Morgan fingerprint density at radius 1 is 1.11 bits per heavy atom. The van der Waals surface area contributed by atoms with Crippen LogP contribution in [0.5, 0.6) is 0 Å². The van der Waals surface area contributed by atoms with Gasteiger partial charge in [0.05, 0.1) is 23.7 Å². The third-order valence-corrected chi connectivity index (χ3v) is 6.58. The Labute approximate surface area is 163 Å². The quantitative estimate of drug-likeness (QED) is 0.708. The first-order valence-corrected chi connectivity index (χ1v) is 10.3. The van der Waals surface area contributed by atoms with Gasteiger partial charge in [-0.3, -0.25) is 0 Å². The molecule has 0 bridgehead atoms. The summed E-state index contributed by atoms with van der Waals surface area (Å²) in [5, 5.41) is 0.518. The van der Waals surface area contributed by atoms with Gasteiger partial charge in [-0.1, -0.05) is 29.8 Å². The minimum Gasteiger partial charge on any atom is -0.454 e. The van der Waals surface area contributed by atoms with E-state index in [1.807, 2.05) is 6.07 Å². The van der Waals surface area contributed by atoms with Crippen LogP contribution in [0.2, 0.25) is 5.02 Å². The van der Waals surface area contributed by atoms with Crippen LogP contribution in [0.15, 0.2) is 53.4 Å².